The maximum Gasteiger partial charge on any atom is 0.191 e. The van der Waals surface area contributed by atoms with Crippen molar-refractivity contribution < 1.29 is 0 Å². The normalized spacial score (nSPS) is 12.4. The van der Waals surface area contributed by atoms with Gasteiger partial charge in [-0.15, -0.1) is 35.3 Å². The molecule has 1 heterocycles. The lowest BCUT2D eigenvalue weighted by Gasteiger charge is -2.15. The molecule has 1 unspecified atom stereocenters. The van der Waals surface area contributed by atoms with Crippen LogP contribution in [0.4, 0.5) is 0 Å². The fourth-order valence-corrected chi connectivity index (χ4v) is 2.80. The van der Waals surface area contributed by atoms with E-state index in [1.165, 1.54) is 10.4 Å². The molecule has 2 rings (SSSR count). The monoisotopic (exact) mass is 429 g/mol. The summed E-state index contributed by atoms with van der Waals surface area (Å²) in [5, 5.41) is 8.80. The van der Waals surface area contributed by atoms with Gasteiger partial charge >= 0.3 is 0 Å². The van der Waals surface area contributed by atoms with Crippen LogP contribution in [-0.4, -0.2) is 19.6 Å². The van der Waals surface area contributed by atoms with E-state index in [1.54, 1.807) is 11.3 Å². The van der Waals surface area contributed by atoms with E-state index in [4.69, 9.17) is 0 Å². The van der Waals surface area contributed by atoms with Crippen LogP contribution in [0.1, 0.15) is 29.7 Å². The first-order valence-electron chi connectivity index (χ1n) is 7.31. The lowest BCUT2D eigenvalue weighted by atomic mass is 9.98. The first kappa shape index (κ1) is 19.0. The Hall–Kier alpha value is -1.08. The van der Waals surface area contributed by atoms with Gasteiger partial charge in [0, 0.05) is 18.5 Å². The molecule has 1 atom stereocenters. The van der Waals surface area contributed by atoms with E-state index in [1.807, 2.05) is 7.05 Å². The van der Waals surface area contributed by atoms with Gasteiger partial charge < -0.3 is 10.6 Å². The minimum absolute atomic E-state index is 0. The topological polar surface area (TPSA) is 36.4 Å². The molecule has 22 heavy (non-hydrogen) atoms. The highest BCUT2D eigenvalue weighted by Crippen LogP contribution is 2.17. The second-order valence-electron chi connectivity index (χ2n) is 5.03. The number of nitrogens with zero attached hydrogens (tertiary/aromatic N) is 1. The number of rotatable bonds is 6. The van der Waals surface area contributed by atoms with Crippen LogP contribution in [0.2, 0.25) is 0 Å². The van der Waals surface area contributed by atoms with Crippen molar-refractivity contribution in [1.29, 1.82) is 0 Å². The smallest absolute Gasteiger partial charge is 0.191 e. The molecule has 2 N–H and O–H groups in total. The molecule has 0 bridgehead atoms. The second-order valence-corrected chi connectivity index (χ2v) is 6.06. The Bertz CT molecular complexity index is 540. The van der Waals surface area contributed by atoms with Crippen molar-refractivity contribution in [1.82, 2.24) is 10.6 Å². The van der Waals surface area contributed by atoms with Crippen molar-refractivity contribution in [3.63, 3.8) is 0 Å². The first-order valence-corrected chi connectivity index (χ1v) is 8.19. The van der Waals surface area contributed by atoms with Crippen molar-refractivity contribution >= 4 is 41.3 Å². The zero-order valence-corrected chi connectivity index (χ0v) is 16.2. The highest BCUT2D eigenvalue weighted by molar-refractivity contribution is 14.0. The van der Waals surface area contributed by atoms with Crippen LogP contribution < -0.4 is 10.6 Å². The Morgan fingerprint density at radius 3 is 2.55 bits per heavy atom. The summed E-state index contributed by atoms with van der Waals surface area (Å²) in [6, 6.07) is 14.8. The van der Waals surface area contributed by atoms with Gasteiger partial charge in [-0.1, -0.05) is 43.3 Å². The Balaban J connectivity index is 0.00000242. The number of hydrogen-bond donors (Lipinski definition) is 2. The van der Waals surface area contributed by atoms with Crippen LogP contribution >= 0.6 is 35.3 Å². The average Bonchev–Trinajstić information content (AvgIpc) is 3.04. The predicted octanol–water partition coefficient (Wildman–Crippen LogP) is 4.22. The van der Waals surface area contributed by atoms with E-state index in [0.29, 0.717) is 5.92 Å². The maximum absolute atomic E-state index is 4.26. The van der Waals surface area contributed by atoms with Crippen LogP contribution in [-0.2, 0) is 6.54 Å². The van der Waals surface area contributed by atoms with Crippen molar-refractivity contribution in [3.8, 4) is 0 Å². The Morgan fingerprint density at radius 2 is 1.91 bits per heavy atom. The molecule has 3 nitrogen and oxygen atoms in total. The molecule has 0 radical (unpaired) electrons. The molecular formula is C17H24IN3S. The lowest BCUT2D eigenvalue weighted by molar-refractivity contribution is 0.652. The highest BCUT2D eigenvalue weighted by atomic mass is 127. The molecule has 1 aromatic carbocycles. The minimum atomic E-state index is 0. The van der Waals surface area contributed by atoms with Crippen molar-refractivity contribution in [2.24, 2.45) is 4.99 Å². The summed E-state index contributed by atoms with van der Waals surface area (Å²) < 4.78 is 0. The molecule has 5 heteroatoms. The molecule has 1 aromatic heterocycles. The van der Waals surface area contributed by atoms with Gasteiger partial charge in [0.05, 0.1) is 6.54 Å². The molecule has 0 aliphatic rings. The fraction of sp³-hybridized carbons (Fsp3) is 0.353. The van der Waals surface area contributed by atoms with Crippen LogP contribution in [0.15, 0.2) is 52.8 Å². The zero-order valence-electron chi connectivity index (χ0n) is 13.1. The zero-order chi connectivity index (χ0) is 14.9. The van der Waals surface area contributed by atoms with E-state index in [2.05, 4.69) is 70.4 Å². The molecule has 0 aliphatic heterocycles. The largest absolute Gasteiger partial charge is 0.356 e. The standard InChI is InChI=1S/C17H23N3S.HI/c1-14(15-7-4-3-5-8-15)10-11-19-17(18-2)20-13-16-9-6-12-21-16;/h3-9,12,14H,10-11,13H2,1-2H3,(H2,18,19,20);1H. The van der Waals surface area contributed by atoms with E-state index in [-0.39, 0.29) is 24.0 Å². The van der Waals surface area contributed by atoms with Gasteiger partial charge in [0.2, 0.25) is 0 Å². The third-order valence-electron chi connectivity index (χ3n) is 3.47. The predicted molar refractivity (Wildman–Crippen MR) is 107 cm³/mol. The van der Waals surface area contributed by atoms with Crippen molar-refractivity contribution in [3.05, 3.63) is 58.3 Å². The SMILES string of the molecule is CN=C(NCCC(C)c1ccccc1)NCc1cccs1.I. The summed E-state index contributed by atoms with van der Waals surface area (Å²) in [7, 11) is 1.81. The third-order valence-corrected chi connectivity index (χ3v) is 4.35. The lowest BCUT2D eigenvalue weighted by Crippen LogP contribution is -2.37. The van der Waals surface area contributed by atoms with E-state index >= 15 is 0 Å². The molecule has 0 saturated heterocycles. The number of aliphatic imine (C=N–C) groups is 1. The number of hydrogen-bond acceptors (Lipinski definition) is 2. The Kier molecular flexibility index (Phi) is 9.15. The van der Waals surface area contributed by atoms with Gasteiger partial charge in [-0.05, 0) is 29.3 Å². The summed E-state index contributed by atoms with van der Waals surface area (Å²) in [4.78, 5) is 5.57. The van der Waals surface area contributed by atoms with Gasteiger partial charge in [0.25, 0.3) is 0 Å². The molecule has 0 fully saturated rings. The number of thiophene rings is 1. The quantitative estimate of drug-likeness (QED) is 0.410. The Labute approximate surface area is 154 Å². The summed E-state index contributed by atoms with van der Waals surface area (Å²) in [6.07, 6.45) is 1.09. The molecule has 0 saturated carbocycles. The summed E-state index contributed by atoms with van der Waals surface area (Å²) in [6.45, 7) is 4.00. The summed E-state index contributed by atoms with van der Waals surface area (Å²) in [5.74, 6) is 1.41. The number of guanidine groups is 1. The molecule has 2 aromatic rings. The molecular weight excluding hydrogens is 405 g/mol. The molecule has 0 aliphatic carbocycles. The van der Waals surface area contributed by atoms with E-state index < -0.39 is 0 Å². The molecule has 0 spiro atoms. The number of halogens is 1. The van der Waals surface area contributed by atoms with E-state index in [9.17, 15) is 0 Å². The van der Waals surface area contributed by atoms with Gasteiger partial charge in [-0.25, -0.2) is 0 Å². The second kappa shape index (κ2) is 10.6. The molecule has 120 valence electrons. The summed E-state index contributed by atoms with van der Waals surface area (Å²) >= 11 is 1.76. The van der Waals surface area contributed by atoms with Crippen LogP contribution in [0, 0.1) is 0 Å². The Morgan fingerprint density at radius 1 is 1.14 bits per heavy atom. The van der Waals surface area contributed by atoms with Crippen LogP contribution in [0.5, 0.6) is 0 Å². The van der Waals surface area contributed by atoms with Crippen LogP contribution in [0.25, 0.3) is 0 Å². The number of benzene rings is 1. The minimum Gasteiger partial charge on any atom is -0.356 e. The average molecular weight is 429 g/mol. The van der Waals surface area contributed by atoms with Gasteiger partial charge in [-0.3, -0.25) is 4.99 Å². The summed E-state index contributed by atoms with van der Waals surface area (Å²) in [5.41, 5.74) is 1.39. The van der Waals surface area contributed by atoms with Crippen molar-refractivity contribution in [2.75, 3.05) is 13.6 Å². The first-order chi connectivity index (χ1) is 10.3. The van der Waals surface area contributed by atoms with Crippen molar-refractivity contribution in [2.45, 2.75) is 25.8 Å². The molecule has 0 amide bonds. The third kappa shape index (κ3) is 6.36. The highest BCUT2D eigenvalue weighted by Gasteiger charge is 2.05. The maximum atomic E-state index is 4.26. The van der Waals surface area contributed by atoms with E-state index in [0.717, 1.165) is 25.5 Å². The van der Waals surface area contributed by atoms with Crippen LogP contribution in [0.3, 0.4) is 0 Å². The number of nitrogens with one attached hydrogen (secondary N) is 2. The van der Waals surface area contributed by atoms with Gasteiger partial charge in [-0.2, -0.15) is 0 Å². The fourth-order valence-electron chi connectivity index (χ4n) is 2.16. The van der Waals surface area contributed by atoms with Gasteiger partial charge in [0.1, 0.15) is 0 Å². The van der Waals surface area contributed by atoms with Gasteiger partial charge in [0.15, 0.2) is 5.96 Å².